The fourth-order valence-corrected chi connectivity index (χ4v) is 3.20. The molecule has 2 aromatic rings. The Kier molecular flexibility index (Phi) is 5.48. The van der Waals surface area contributed by atoms with Crippen LogP contribution in [0.1, 0.15) is 18.4 Å². The highest BCUT2D eigenvalue weighted by Gasteiger charge is 2.25. The lowest BCUT2D eigenvalue weighted by molar-refractivity contribution is -0.121. The van der Waals surface area contributed by atoms with Crippen molar-refractivity contribution in [2.45, 2.75) is 19.4 Å². The standard InChI is InChI=1S/C19H20ClFN2O/c20-16-2-1-3-18(12-16)22-19(24)15-8-10-23(11-9-15)13-14-4-6-17(21)7-5-14/h1-7,12,15H,8-11,13H2,(H,22,24). The van der Waals surface area contributed by atoms with Crippen molar-refractivity contribution in [3.05, 3.63) is 64.9 Å². The fraction of sp³-hybridized carbons (Fsp3) is 0.316. The molecule has 24 heavy (non-hydrogen) atoms. The van der Waals surface area contributed by atoms with Gasteiger partial charge < -0.3 is 5.32 Å². The van der Waals surface area contributed by atoms with Crippen LogP contribution in [0.5, 0.6) is 0 Å². The number of benzene rings is 2. The van der Waals surface area contributed by atoms with E-state index in [0.29, 0.717) is 5.02 Å². The largest absolute Gasteiger partial charge is 0.326 e. The van der Waals surface area contributed by atoms with Crippen molar-refractivity contribution in [3.8, 4) is 0 Å². The molecule has 3 nitrogen and oxygen atoms in total. The van der Waals surface area contributed by atoms with Gasteiger partial charge in [-0.05, 0) is 61.8 Å². The molecule has 0 spiro atoms. The van der Waals surface area contributed by atoms with Crippen molar-refractivity contribution in [3.63, 3.8) is 0 Å². The van der Waals surface area contributed by atoms with Crippen molar-refractivity contribution < 1.29 is 9.18 Å². The zero-order chi connectivity index (χ0) is 16.9. The molecule has 1 aliphatic heterocycles. The summed E-state index contributed by atoms with van der Waals surface area (Å²) in [6, 6.07) is 13.8. The van der Waals surface area contributed by atoms with E-state index in [9.17, 15) is 9.18 Å². The van der Waals surface area contributed by atoms with Crippen molar-refractivity contribution in [2.24, 2.45) is 5.92 Å². The number of likely N-dealkylation sites (tertiary alicyclic amines) is 1. The lowest BCUT2D eigenvalue weighted by Gasteiger charge is -2.31. The third-order valence-corrected chi connectivity index (χ3v) is 4.61. The Labute approximate surface area is 146 Å². The second kappa shape index (κ2) is 7.77. The van der Waals surface area contributed by atoms with Crippen LogP contribution >= 0.6 is 11.6 Å². The van der Waals surface area contributed by atoms with E-state index in [1.54, 1.807) is 12.1 Å². The summed E-state index contributed by atoms with van der Waals surface area (Å²) >= 11 is 5.94. The number of hydrogen-bond donors (Lipinski definition) is 1. The molecule has 0 bridgehead atoms. The highest BCUT2D eigenvalue weighted by Crippen LogP contribution is 2.22. The van der Waals surface area contributed by atoms with Crippen molar-refractivity contribution >= 4 is 23.2 Å². The third kappa shape index (κ3) is 4.56. The first-order chi connectivity index (χ1) is 11.6. The minimum Gasteiger partial charge on any atom is -0.326 e. The average molecular weight is 347 g/mol. The minimum absolute atomic E-state index is 0.0217. The smallest absolute Gasteiger partial charge is 0.227 e. The number of anilines is 1. The number of rotatable bonds is 4. The first-order valence-corrected chi connectivity index (χ1v) is 8.51. The zero-order valence-electron chi connectivity index (χ0n) is 13.3. The van der Waals surface area contributed by atoms with Gasteiger partial charge in [0.1, 0.15) is 5.82 Å². The van der Waals surface area contributed by atoms with Gasteiger partial charge in [0, 0.05) is 23.2 Å². The quantitative estimate of drug-likeness (QED) is 0.893. The number of amides is 1. The second-order valence-corrected chi connectivity index (χ2v) is 6.61. The van der Waals surface area contributed by atoms with Crippen LogP contribution in [-0.2, 0) is 11.3 Å². The average Bonchev–Trinajstić information content (AvgIpc) is 2.57. The summed E-state index contributed by atoms with van der Waals surface area (Å²) in [5, 5.41) is 3.55. The predicted molar refractivity (Wildman–Crippen MR) is 94.5 cm³/mol. The Morgan fingerprint density at radius 3 is 2.54 bits per heavy atom. The van der Waals surface area contributed by atoms with Gasteiger partial charge in [0.05, 0.1) is 0 Å². The maximum atomic E-state index is 12.9. The Balaban J connectivity index is 1.49. The summed E-state index contributed by atoms with van der Waals surface area (Å²) in [5.41, 5.74) is 1.83. The minimum atomic E-state index is -0.213. The van der Waals surface area contributed by atoms with E-state index in [1.807, 2.05) is 24.3 Å². The Hall–Kier alpha value is -1.91. The number of piperidine rings is 1. The van der Waals surface area contributed by atoms with Crippen LogP contribution in [0.3, 0.4) is 0 Å². The van der Waals surface area contributed by atoms with E-state index in [0.717, 1.165) is 43.7 Å². The maximum Gasteiger partial charge on any atom is 0.227 e. The molecule has 0 radical (unpaired) electrons. The molecule has 0 unspecified atom stereocenters. The van der Waals surface area contributed by atoms with Crippen molar-refractivity contribution in [2.75, 3.05) is 18.4 Å². The van der Waals surface area contributed by atoms with Gasteiger partial charge in [-0.15, -0.1) is 0 Å². The molecule has 5 heteroatoms. The fourth-order valence-electron chi connectivity index (χ4n) is 3.01. The molecule has 2 aromatic carbocycles. The number of nitrogens with one attached hydrogen (secondary N) is 1. The van der Waals surface area contributed by atoms with Gasteiger partial charge in [-0.1, -0.05) is 29.8 Å². The molecule has 1 fully saturated rings. The highest BCUT2D eigenvalue weighted by molar-refractivity contribution is 6.30. The van der Waals surface area contributed by atoms with Crippen LogP contribution in [0.2, 0.25) is 5.02 Å². The molecule has 3 rings (SSSR count). The lowest BCUT2D eigenvalue weighted by atomic mass is 9.95. The van der Waals surface area contributed by atoms with Crippen LogP contribution in [0, 0.1) is 11.7 Å². The molecule has 0 saturated carbocycles. The van der Waals surface area contributed by atoms with E-state index >= 15 is 0 Å². The van der Waals surface area contributed by atoms with E-state index in [-0.39, 0.29) is 17.6 Å². The SMILES string of the molecule is O=C(Nc1cccc(Cl)c1)C1CCN(Cc2ccc(F)cc2)CC1. The second-order valence-electron chi connectivity index (χ2n) is 6.18. The summed E-state index contributed by atoms with van der Waals surface area (Å²) in [5.74, 6) is -0.137. The molecule has 0 aromatic heterocycles. The Morgan fingerprint density at radius 2 is 1.88 bits per heavy atom. The number of halogens is 2. The Bertz CT molecular complexity index is 697. The normalized spacial score (nSPS) is 16.1. The molecule has 1 heterocycles. The molecule has 126 valence electrons. The van der Waals surface area contributed by atoms with Gasteiger partial charge >= 0.3 is 0 Å². The summed E-state index contributed by atoms with van der Waals surface area (Å²) in [6.07, 6.45) is 1.65. The lowest BCUT2D eigenvalue weighted by Crippen LogP contribution is -2.37. The first kappa shape index (κ1) is 16.9. The predicted octanol–water partition coefficient (Wildman–Crippen LogP) is 4.33. The topological polar surface area (TPSA) is 32.3 Å². The van der Waals surface area contributed by atoms with Crippen molar-refractivity contribution in [1.82, 2.24) is 4.90 Å². The zero-order valence-corrected chi connectivity index (χ0v) is 14.1. The number of carbonyl (C=O) groups is 1. The first-order valence-electron chi connectivity index (χ1n) is 8.13. The molecular formula is C19H20ClFN2O. The van der Waals surface area contributed by atoms with Gasteiger partial charge in [0.15, 0.2) is 0 Å². The van der Waals surface area contributed by atoms with Gasteiger partial charge in [0.2, 0.25) is 5.91 Å². The van der Waals surface area contributed by atoms with Crippen LogP contribution in [0.25, 0.3) is 0 Å². The number of nitrogens with zero attached hydrogens (tertiary/aromatic N) is 1. The molecule has 0 atom stereocenters. The monoisotopic (exact) mass is 346 g/mol. The van der Waals surface area contributed by atoms with Crippen LogP contribution in [0.4, 0.5) is 10.1 Å². The van der Waals surface area contributed by atoms with E-state index < -0.39 is 0 Å². The molecule has 1 N–H and O–H groups in total. The molecule has 1 saturated heterocycles. The maximum absolute atomic E-state index is 12.9. The van der Waals surface area contributed by atoms with E-state index in [1.165, 1.54) is 12.1 Å². The molecule has 0 aliphatic carbocycles. The summed E-state index contributed by atoms with van der Waals surface area (Å²) in [7, 11) is 0. The van der Waals surface area contributed by atoms with Crippen LogP contribution < -0.4 is 5.32 Å². The molecular weight excluding hydrogens is 327 g/mol. The summed E-state index contributed by atoms with van der Waals surface area (Å²) < 4.78 is 12.9. The summed E-state index contributed by atoms with van der Waals surface area (Å²) in [4.78, 5) is 14.7. The summed E-state index contributed by atoms with van der Waals surface area (Å²) in [6.45, 7) is 2.53. The van der Waals surface area contributed by atoms with Crippen LogP contribution in [-0.4, -0.2) is 23.9 Å². The van der Waals surface area contributed by atoms with Gasteiger partial charge in [-0.2, -0.15) is 0 Å². The van der Waals surface area contributed by atoms with Gasteiger partial charge in [-0.25, -0.2) is 4.39 Å². The molecule has 1 aliphatic rings. The third-order valence-electron chi connectivity index (χ3n) is 4.37. The number of hydrogen-bond acceptors (Lipinski definition) is 2. The Morgan fingerprint density at radius 1 is 1.17 bits per heavy atom. The van der Waals surface area contributed by atoms with E-state index in [2.05, 4.69) is 10.2 Å². The highest BCUT2D eigenvalue weighted by atomic mass is 35.5. The van der Waals surface area contributed by atoms with E-state index in [4.69, 9.17) is 11.6 Å². The number of carbonyl (C=O) groups excluding carboxylic acids is 1. The molecule has 1 amide bonds. The van der Waals surface area contributed by atoms with Gasteiger partial charge in [-0.3, -0.25) is 9.69 Å². The van der Waals surface area contributed by atoms with Crippen molar-refractivity contribution in [1.29, 1.82) is 0 Å². The van der Waals surface area contributed by atoms with Gasteiger partial charge in [0.25, 0.3) is 0 Å². The van der Waals surface area contributed by atoms with Crippen LogP contribution in [0.15, 0.2) is 48.5 Å².